The zero-order valence-electron chi connectivity index (χ0n) is 8.74. The number of nitrogens with zero attached hydrogens (tertiary/aromatic N) is 2. The maximum absolute atomic E-state index is 4.05. The monoisotopic (exact) mass is 180 g/mol. The van der Waals surface area contributed by atoms with E-state index in [2.05, 4.69) is 29.6 Å². The standard InChI is InChI=1S/C11H20N2/c1-3-5-6-11(4-2)9-13-8-7-12-10-13/h7-8,10-11H,3-6,9H2,1-2H3/t11-/m0/s1. The molecule has 13 heavy (non-hydrogen) atoms. The molecular formula is C11H20N2. The molecule has 0 aliphatic rings. The summed E-state index contributed by atoms with van der Waals surface area (Å²) in [4.78, 5) is 4.05. The van der Waals surface area contributed by atoms with E-state index < -0.39 is 0 Å². The van der Waals surface area contributed by atoms with Crippen LogP contribution in [0.2, 0.25) is 0 Å². The van der Waals surface area contributed by atoms with E-state index in [0.717, 1.165) is 12.5 Å². The zero-order valence-corrected chi connectivity index (χ0v) is 8.74. The highest BCUT2D eigenvalue weighted by molar-refractivity contribution is 4.75. The fourth-order valence-electron chi connectivity index (χ4n) is 1.61. The van der Waals surface area contributed by atoms with Gasteiger partial charge in [-0.1, -0.05) is 33.1 Å². The molecule has 1 aromatic rings. The Morgan fingerprint density at radius 3 is 2.77 bits per heavy atom. The maximum Gasteiger partial charge on any atom is 0.0945 e. The summed E-state index contributed by atoms with van der Waals surface area (Å²) < 4.78 is 2.18. The maximum atomic E-state index is 4.05. The lowest BCUT2D eigenvalue weighted by Gasteiger charge is -2.14. The second kappa shape index (κ2) is 5.79. The van der Waals surface area contributed by atoms with Crippen LogP contribution in [-0.2, 0) is 6.54 Å². The number of hydrogen-bond acceptors (Lipinski definition) is 1. The second-order valence-electron chi connectivity index (χ2n) is 3.68. The van der Waals surface area contributed by atoms with Crippen LogP contribution in [0.4, 0.5) is 0 Å². The average molecular weight is 180 g/mol. The molecule has 0 spiro atoms. The highest BCUT2D eigenvalue weighted by Crippen LogP contribution is 2.14. The molecule has 2 nitrogen and oxygen atoms in total. The van der Waals surface area contributed by atoms with Crippen LogP contribution in [0.15, 0.2) is 18.7 Å². The van der Waals surface area contributed by atoms with Gasteiger partial charge in [0.15, 0.2) is 0 Å². The average Bonchev–Trinajstić information content (AvgIpc) is 2.64. The van der Waals surface area contributed by atoms with Crippen LogP contribution in [0, 0.1) is 5.92 Å². The first-order chi connectivity index (χ1) is 6.36. The van der Waals surface area contributed by atoms with Gasteiger partial charge in [-0.2, -0.15) is 0 Å². The molecule has 0 saturated carbocycles. The van der Waals surface area contributed by atoms with Gasteiger partial charge < -0.3 is 4.57 Å². The Hall–Kier alpha value is -0.790. The van der Waals surface area contributed by atoms with Crippen LogP contribution in [0.5, 0.6) is 0 Å². The normalized spacial score (nSPS) is 13.1. The van der Waals surface area contributed by atoms with Crippen LogP contribution >= 0.6 is 0 Å². The Bertz CT molecular complexity index is 204. The van der Waals surface area contributed by atoms with Gasteiger partial charge in [0, 0.05) is 18.9 Å². The highest BCUT2D eigenvalue weighted by Gasteiger charge is 2.05. The van der Waals surface area contributed by atoms with Gasteiger partial charge in [0.25, 0.3) is 0 Å². The molecule has 0 aromatic carbocycles. The van der Waals surface area contributed by atoms with Crippen LogP contribution in [0.1, 0.15) is 39.5 Å². The SMILES string of the molecule is CCCC[C@H](CC)Cn1ccnc1. The van der Waals surface area contributed by atoms with Crippen molar-refractivity contribution in [3.05, 3.63) is 18.7 Å². The molecule has 74 valence electrons. The summed E-state index contributed by atoms with van der Waals surface area (Å²) in [5, 5.41) is 0. The van der Waals surface area contributed by atoms with Gasteiger partial charge in [-0.3, -0.25) is 0 Å². The van der Waals surface area contributed by atoms with Crippen molar-refractivity contribution in [1.82, 2.24) is 9.55 Å². The smallest absolute Gasteiger partial charge is 0.0945 e. The van der Waals surface area contributed by atoms with Gasteiger partial charge in [-0.25, -0.2) is 4.98 Å². The molecule has 1 atom stereocenters. The van der Waals surface area contributed by atoms with Crippen molar-refractivity contribution in [2.75, 3.05) is 0 Å². The molecule has 0 radical (unpaired) electrons. The van der Waals surface area contributed by atoms with Crippen molar-refractivity contribution >= 4 is 0 Å². The van der Waals surface area contributed by atoms with Crippen molar-refractivity contribution in [2.45, 2.75) is 46.1 Å². The first kappa shape index (κ1) is 10.3. The van der Waals surface area contributed by atoms with E-state index in [1.807, 2.05) is 12.5 Å². The molecule has 1 rings (SSSR count). The summed E-state index contributed by atoms with van der Waals surface area (Å²) in [7, 11) is 0. The third-order valence-electron chi connectivity index (χ3n) is 2.57. The Labute approximate surface area is 81.0 Å². The van der Waals surface area contributed by atoms with E-state index in [1.54, 1.807) is 0 Å². The first-order valence-corrected chi connectivity index (χ1v) is 5.32. The number of imidazole rings is 1. The summed E-state index contributed by atoms with van der Waals surface area (Å²) >= 11 is 0. The van der Waals surface area contributed by atoms with Crippen LogP contribution < -0.4 is 0 Å². The van der Waals surface area contributed by atoms with Gasteiger partial charge in [0.05, 0.1) is 6.33 Å². The number of rotatable bonds is 6. The van der Waals surface area contributed by atoms with E-state index in [4.69, 9.17) is 0 Å². The molecule has 0 saturated heterocycles. The van der Waals surface area contributed by atoms with E-state index >= 15 is 0 Å². The lowest BCUT2D eigenvalue weighted by molar-refractivity contribution is 0.390. The predicted octanol–water partition coefficient (Wildman–Crippen LogP) is 3.10. The van der Waals surface area contributed by atoms with E-state index in [0.29, 0.717) is 0 Å². The quantitative estimate of drug-likeness (QED) is 0.657. The summed E-state index contributed by atoms with van der Waals surface area (Å²) in [6.45, 7) is 5.66. The summed E-state index contributed by atoms with van der Waals surface area (Å²) in [6.07, 6.45) is 11.1. The fraction of sp³-hybridized carbons (Fsp3) is 0.727. The first-order valence-electron chi connectivity index (χ1n) is 5.32. The van der Waals surface area contributed by atoms with Crippen LogP contribution in [-0.4, -0.2) is 9.55 Å². The van der Waals surface area contributed by atoms with Gasteiger partial charge in [-0.05, 0) is 12.3 Å². The topological polar surface area (TPSA) is 17.8 Å². The van der Waals surface area contributed by atoms with Gasteiger partial charge in [0.1, 0.15) is 0 Å². The number of unbranched alkanes of at least 4 members (excludes halogenated alkanes) is 1. The lowest BCUT2D eigenvalue weighted by atomic mass is 9.99. The molecular weight excluding hydrogens is 160 g/mol. The Morgan fingerprint density at radius 1 is 1.38 bits per heavy atom. The predicted molar refractivity (Wildman–Crippen MR) is 55.5 cm³/mol. The van der Waals surface area contributed by atoms with Crippen molar-refractivity contribution in [2.24, 2.45) is 5.92 Å². The molecule has 1 aromatic heterocycles. The second-order valence-corrected chi connectivity index (χ2v) is 3.68. The minimum atomic E-state index is 0.828. The summed E-state index contributed by atoms with van der Waals surface area (Å²) in [5.74, 6) is 0.828. The molecule has 0 unspecified atom stereocenters. The van der Waals surface area contributed by atoms with E-state index in [-0.39, 0.29) is 0 Å². The zero-order chi connectivity index (χ0) is 9.52. The third-order valence-corrected chi connectivity index (χ3v) is 2.57. The van der Waals surface area contributed by atoms with Crippen LogP contribution in [0.25, 0.3) is 0 Å². The molecule has 1 heterocycles. The molecule has 0 aliphatic carbocycles. The molecule has 0 bridgehead atoms. The van der Waals surface area contributed by atoms with Crippen molar-refractivity contribution in [3.8, 4) is 0 Å². The Morgan fingerprint density at radius 2 is 2.23 bits per heavy atom. The number of aromatic nitrogens is 2. The molecule has 0 aliphatic heterocycles. The van der Waals surface area contributed by atoms with Crippen LogP contribution in [0.3, 0.4) is 0 Å². The fourth-order valence-corrected chi connectivity index (χ4v) is 1.61. The largest absolute Gasteiger partial charge is 0.337 e. The Kier molecular flexibility index (Phi) is 4.58. The minimum Gasteiger partial charge on any atom is -0.337 e. The minimum absolute atomic E-state index is 0.828. The molecule has 2 heteroatoms. The van der Waals surface area contributed by atoms with E-state index in [9.17, 15) is 0 Å². The molecule has 0 amide bonds. The third kappa shape index (κ3) is 3.62. The lowest BCUT2D eigenvalue weighted by Crippen LogP contribution is -2.08. The Balaban J connectivity index is 2.31. The van der Waals surface area contributed by atoms with Crippen molar-refractivity contribution < 1.29 is 0 Å². The van der Waals surface area contributed by atoms with Gasteiger partial charge >= 0.3 is 0 Å². The highest BCUT2D eigenvalue weighted by atomic mass is 15.0. The summed E-state index contributed by atoms with van der Waals surface area (Å²) in [5.41, 5.74) is 0. The van der Waals surface area contributed by atoms with E-state index in [1.165, 1.54) is 25.7 Å². The van der Waals surface area contributed by atoms with Gasteiger partial charge in [0.2, 0.25) is 0 Å². The number of hydrogen-bond donors (Lipinski definition) is 0. The van der Waals surface area contributed by atoms with Crippen molar-refractivity contribution in [3.63, 3.8) is 0 Å². The molecule has 0 fully saturated rings. The van der Waals surface area contributed by atoms with Gasteiger partial charge in [-0.15, -0.1) is 0 Å². The summed E-state index contributed by atoms with van der Waals surface area (Å²) in [6, 6.07) is 0. The van der Waals surface area contributed by atoms with Crippen molar-refractivity contribution in [1.29, 1.82) is 0 Å². The molecule has 0 N–H and O–H groups in total.